The van der Waals surface area contributed by atoms with Gasteiger partial charge in [-0.05, 0) is 36.4 Å². The average Bonchev–Trinajstić information content (AvgIpc) is 2.88. The maximum Gasteiger partial charge on any atom is 0.179 e. The fraction of sp³-hybridized carbons (Fsp3) is 0.308. The molecule has 0 spiro atoms. The van der Waals surface area contributed by atoms with Crippen LogP contribution in [0.4, 0.5) is 0 Å². The van der Waals surface area contributed by atoms with Gasteiger partial charge in [-0.3, -0.25) is 4.79 Å². The van der Waals surface area contributed by atoms with E-state index in [-0.39, 0.29) is 5.78 Å². The number of aryl methyl sites for hydroxylation is 2. The summed E-state index contributed by atoms with van der Waals surface area (Å²) >= 11 is 9.24. The Labute approximate surface area is 114 Å². The molecule has 0 fully saturated rings. The molecule has 0 saturated carbocycles. The Morgan fingerprint density at radius 3 is 2.59 bits per heavy atom. The van der Waals surface area contributed by atoms with Crippen LogP contribution in [0.1, 0.15) is 31.9 Å². The summed E-state index contributed by atoms with van der Waals surface area (Å²) in [6.45, 7) is 4.05. The third kappa shape index (κ3) is 2.79. The Hall–Kier alpha value is -0.640. The lowest BCUT2D eigenvalue weighted by atomic mass is 10.2. The predicted octanol–water partition coefficient (Wildman–Crippen LogP) is 4.76. The molecule has 0 aliphatic rings. The first-order valence-electron chi connectivity index (χ1n) is 5.46. The van der Waals surface area contributed by atoms with Crippen LogP contribution < -0.4 is 0 Å². The molecule has 1 nitrogen and oxygen atoms in total. The molecule has 0 aromatic carbocycles. The minimum Gasteiger partial charge on any atom is -0.293 e. The maximum atomic E-state index is 12.1. The molecule has 2 aromatic heterocycles. The Balaban J connectivity index is 2.14. The fourth-order valence-corrected chi connectivity index (χ4v) is 3.76. The molecular weight excluding hydrogens is 272 g/mol. The lowest BCUT2D eigenvalue weighted by molar-refractivity contribution is 0.0998. The van der Waals surface area contributed by atoms with Crippen molar-refractivity contribution < 1.29 is 4.79 Å². The lowest BCUT2D eigenvalue weighted by Gasteiger charge is -1.97. The molecule has 0 saturated heterocycles. The topological polar surface area (TPSA) is 17.1 Å². The zero-order valence-corrected chi connectivity index (χ0v) is 12.1. The quantitative estimate of drug-likeness (QED) is 0.740. The van der Waals surface area contributed by atoms with Crippen LogP contribution in [-0.4, -0.2) is 5.78 Å². The summed E-state index contributed by atoms with van der Waals surface area (Å²) in [7, 11) is 0. The fourth-order valence-electron chi connectivity index (χ4n) is 1.56. The molecule has 0 aliphatic heterocycles. The van der Waals surface area contributed by atoms with Crippen LogP contribution in [0.2, 0.25) is 5.02 Å². The number of Topliss-reactive ketones (excluding diaryl/α,β-unsaturated/α-hetero) is 1. The third-order valence-electron chi connectivity index (χ3n) is 2.55. The van der Waals surface area contributed by atoms with Gasteiger partial charge in [0.25, 0.3) is 0 Å². The molecule has 2 rings (SSSR count). The second kappa shape index (κ2) is 5.34. The monoisotopic (exact) mass is 284 g/mol. The van der Waals surface area contributed by atoms with Crippen molar-refractivity contribution in [1.29, 1.82) is 0 Å². The number of ketones is 1. The van der Waals surface area contributed by atoms with Crippen molar-refractivity contribution >= 4 is 40.1 Å². The van der Waals surface area contributed by atoms with Gasteiger partial charge in [-0.15, -0.1) is 22.7 Å². The van der Waals surface area contributed by atoms with Gasteiger partial charge in [0.15, 0.2) is 5.78 Å². The number of thiophene rings is 2. The molecule has 0 amide bonds. The summed E-state index contributed by atoms with van der Waals surface area (Å²) in [5.74, 6) is 0.123. The zero-order chi connectivity index (χ0) is 12.4. The molecule has 2 aromatic rings. The van der Waals surface area contributed by atoms with E-state index in [0.29, 0.717) is 16.3 Å². The molecule has 2 heterocycles. The van der Waals surface area contributed by atoms with E-state index in [4.69, 9.17) is 11.6 Å². The Morgan fingerprint density at radius 1 is 1.35 bits per heavy atom. The summed E-state index contributed by atoms with van der Waals surface area (Å²) in [6, 6.07) is 4.13. The van der Waals surface area contributed by atoms with Crippen LogP contribution in [0, 0.1) is 6.92 Å². The van der Waals surface area contributed by atoms with E-state index in [9.17, 15) is 4.79 Å². The summed E-state index contributed by atoms with van der Waals surface area (Å²) < 4.78 is 0. The van der Waals surface area contributed by atoms with E-state index in [2.05, 4.69) is 13.0 Å². The number of carbonyl (C=O) groups is 1. The first kappa shape index (κ1) is 12.8. The van der Waals surface area contributed by atoms with Crippen LogP contribution in [0.15, 0.2) is 17.5 Å². The standard InChI is InChI=1S/C13H13ClOS2/c1-3-9-4-5-10(17-9)6-11(15)13-12(14)8(2)7-16-13/h4-5,7H,3,6H2,1-2H3. The van der Waals surface area contributed by atoms with E-state index in [0.717, 1.165) is 16.9 Å². The van der Waals surface area contributed by atoms with Gasteiger partial charge in [-0.25, -0.2) is 0 Å². The van der Waals surface area contributed by atoms with E-state index in [1.54, 1.807) is 11.3 Å². The predicted molar refractivity (Wildman–Crippen MR) is 75.8 cm³/mol. The van der Waals surface area contributed by atoms with E-state index >= 15 is 0 Å². The zero-order valence-electron chi connectivity index (χ0n) is 9.75. The summed E-state index contributed by atoms with van der Waals surface area (Å²) in [5, 5.41) is 2.55. The van der Waals surface area contributed by atoms with E-state index in [1.807, 2.05) is 18.4 Å². The first-order chi connectivity index (χ1) is 8.11. The van der Waals surface area contributed by atoms with Crippen molar-refractivity contribution in [2.45, 2.75) is 26.7 Å². The molecule has 0 radical (unpaired) electrons. The molecule has 0 atom stereocenters. The van der Waals surface area contributed by atoms with Crippen molar-refractivity contribution in [2.75, 3.05) is 0 Å². The highest BCUT2D eigenvalue weighted by Crippen LogP contribution is 2.29. The Bertz CT molecular complexity index is 539. The van der Waals surface area contributed by atoms with Crippen molar-refractivity contribution in [1.82, 2.24) is 0 Å². The van der Waals surface area contributed by atoms with Gasteiger partial charge in [0, 0.05) is 16.2 Å². The largest absolute Gasteiger partial charge is 0.293 e. The molecule has 17 heavy (non-hydrogen) atoms. The molecule has 4 heteroatoms. The highest BCUT2D eigenvalue weighted by Gasteiger charge is 2.15. The highest BCUT2D eigenvalue weighted by molar-refractivity contribution is 7.13. The Morgan fingerprint density at radius 2 is 2.06 bits per heavy atom. The lowest BCUT2D eigenvalue weighted by Crippen LogP contribution is -2.00. The van der Waals surface area contributed by atoms with Crippen LogP contribution in [-0.2, 0) is 12.8 Å². The summed E-state index contributed by atoms with van der Waals surface area (Å²) in [6.07, 6.45) is 1.49. The summed E-state index contributed by atoms with van der Waals surface area (Å²) in [4.78, 5) is 15.2. The average molecular weight is 285 g/mol. The molecule has 0 aliphatic carbocycles. The van der Waals surface area contributed by atoms with Crippen LogP contribution in [0.5, 0.6) is 0 Å². The van der Waals surface area contributed by atoms with Crippen molar-refractivity contribution in [3.63, 3.8) is 0 Å². The second-order valence-electron chi connectivity index (χ2n) is 3.88. The maximum absolute atomic E-state index is 12.1. The molecule has 0 N–H and O–H groups in total. The van der Waals surface area contributed by atoms with E-state index in [1.165, 1.54) is 16.2 Å². The smallest absolute Gasteiger partial charge is 0.179 e. The van der Waals surface area contributed by atoms with Gasteiger partial charge in [-0.2, -0.15) is 0 Å². The minimum atomic E-state index is 0.123. The van der Waals surface area contributed by atoms with Crippen molar-refractivity contribution in [3.8, 4) is 0 Å². The Kier molecular flexibility index (Phi) is 4.02. The third-order valence-corrected chi connectivity index (χ3v) is 5.52. The van der Waals surface area contributed by atoms with Gasteiger partial charge >= 0.3 is 0 Å². The van der Waals surface area contributed by atoms with Gasteiger partial charge < -0.3 is 0 Å². The van der Waals surface area contributed by atoms with Crippen molar-refractivity contribution in [2.24, 2.45) is 0 Å². The van der Waals surface area contributed by atoms with Gasteiger partial charge in [0.2, 0.25) is 0 Å². The molecular formula is C13H13ClOS2. The SMILES string of the molecule is CCc1ccc(CC(=O)c2scc(C)c2Cl)s1. The number of halogens is 1. The number of rotatable bonds is 4. The van der Waals surface area contributed by atoms with Crippen LogP contribution >= 0.6 is 34.3 Å². The second-order valence-corrected chi connectivity index (χ2v) is 6.39. The summed E-state index contributed by atoms with van der Waals surface area (Å²) in [5.41, 5.74) is 0.987. The number of hydrogen-bond acceptors (Lipinski definition) is 3. The molecule has 0 unspecified atom stereocenters. The molecule has 0 bridgehead atoms. The molecule has 90 valence electrons. The van der Waals surface area contributed by atoms with Gasteiger partial charge in [0.05, 0.1) is 9.90 Å². The normalized spacial score (nSPS) is 10.8. The van der Waals surface area contributed by atoms with Gasteiger partial charge in [-0.1, -0.05) is 18.5 Å². The first-order valence-corrected chi connectivity index (χ1v) is 7.53. The highest BCUT2D eigenvalue weighted by atomic mass is 35.5. The number of hydrogen-bond donors (Lipinski definition) is 0. The number of carbonyl (C=O) groups excluding carboxylic acids is 1. The van der Waals surface area contributed by atoms with Crippen LogP contribution in [0.25, 0.3) is 0 Å². The van der Waals surface area contributed by atoms with E-state index < -0.39 is 0 Å². The van der Waals surface area contributed by atoms with Crippen molar-refractivity contribution in [3.05, 3.63) is 42.7 Å². The minimum absolute atomic E-state index is 0.123. The van der Waals surface area contributed by atoms with Crippen LogP contribution in [0.3, 0.4) is 0 Å². The van der Waals surface area contributed by atoms with Gasteiger partial charge in [0.1, 0.15) is 0 Å².